The van der Waals surface area contributed by atoms with E-state index in [-0.39, 0.29) is 5.78 Å². The van der Waals surface area contributed by atoms with Gasteiger partial charge in [0.1, 0.15) is 0 Å². The number of allylic oxidation sites excluding steroid dienone is 3. The highest BCUT2D eigenvalue weighted by Crippen LogP contribution is 2.26. The van der Waals surface area contributed by atoms with Crippen molar-refractivity contribution in [3.63, 3.8) is 0 Å². The van der Waals surface area contributed by atoms with Crippen LogP contribution >= 0.6 is 0 Å². The van der Waals surface area contributed by atoms with E-state index in [9.17, 15) is 4.79 Å². The van der Waals surface area contributed by atoms with Crippen LogP contribution in [0.15, 0.2) is 48.6 Å². The van der Waals surface area contributed by atoms with Gasteiger partial charge in [0.05, 0.1) is 0 Å². The van der Waals surface area contributed by atoms with Crippen molar-refractivity contribution in [2.24, 2.45) is 0 Å². The maximum absolute atomic E-state index is 11.5. The molecule has 0 bridgehead atoms. The third-order valence-corrected chi connectivity index (χ3v) is 2.12. The highest BCUT2D eigenvalue weighted by molar-refractivity contribution is 6.24. The molecule has 0 spiro atoms. The molecule has 0 saturated carbocycles. The van der Waals surface area contributed by atoms with E-state index in [4.69, 9.17) is 0 Å². The van der Waals surface area contributed by atoms with Crippen LogP contribution in [0.25, 0.3) is 5.57 Å². The molecular weight excluding hydrogens is 160 g/mol. The maximum atomic E-state index is 11.5. The van der Waals surface area contributed by atoms with Gasteiger partial charge in [-0.05, 0) is 17.2 Å². The van der Waals surface area contributed by atoms with E-state index in [0.717, 1.165) is 16.7 Å². The van der Waals surface area contributed by atoms with Crippen molar-refractivity contribution in [2.45, 2.75) is 6.42 Å². The van der Waals surface area contributed by atoms with Crippen LogP contribution in [0.3, 0.4) is 0 Å². The summed E-state index contributed by atoms with van der Waals surface area (Å²) in [6, 6.07) is 9.71. The molecule has 64 valence electrons. The zero-order valence-corrected chi connectivity index (χ0v) is 7.29. The molecule has 0 amide bonds. The van der Waals surface area contributed by atoms with Crippen molar-refractivity contribution in [2.75, 3.05) is 0 Å². The van der Waals surface area contributed by atoms with Gasteiger partial charge in [0.2, 0.25) is 0 Å². The van der Waals surface area contributed by atoms with Gasteiger partial charge in [0.15, 0.2) is 5.78 Å². The van der Waals surface area contributed by atoms with Gasteiger partial charge in [-0.2, -0.15) is 0 Å². The fourth-order valence-corrected chi connectivity index (χ4v) is 1.50. The number of hydrogen-bond acceptors (Lipinski definition) is 1. The van der Waals surface area contributed by atoms with Gasteiger partial charge in [-0.3, -0.25) is 4.79 Å². The summed E-state index contributed by atoms with van der Waals surface area (Å²) in [7, 11) is 0. The largest absolute Gasteiger partial charge is 0.294 e. The Labute approximate surface area is 77.4 Å². The first-order valence-corrected chi connectivity index (χ1v) is 4.25. The first-order chi connectivity index (χ1) is 6.27. The number of carbonyl (C=O) groups is 1. The first kappa shape index (κ1) is 7.99. The predicted octanol–water partition coefficient (Wildman–Crippen LogP) is 2.60. The summed E-state index contributed by atoms with van der Waals surface area (Å²) >= 11 is 0. The minimum absolute atomic E-state index is 0.177. The van der Waals surface area contributed by atoms with Crippen molar-refractivity contribution in [3.05, 3.63) is 54.1 Å². The van der Waals surface area contributed by atoms with Gasteiger partial charge >= 0.3 is 0 Å². The second kappa shape index (κ2) is 3.02. The van der Waals surface area contributed by atoms with Crippen LogP contribution in [0.5, 0.6) is 0 Å². The molecule has 13 heavy (non-hydrogen) atoms. The molecule has 0 N–H and O–H groups in total. The van der Waals surface area contributed by atoms with Gasteiger partial charge < -0.3 is 0 Å². The summed E-state index contributed by atoms with van der Waals surface area (Å²) in [6.07, 6.45) is 2.35. The zero-order valence-electron chi connectivity index (χ0n) is 7.29. The summed E-state index contributed by atoms with van der Waals surface area (Å²) in [4.78, 5) is 11.5. The van der Waals surface area contributed by atoms with Crippen LogP contribution in [0.1, 0.15) is 12.0 Å². The Morgan fingerprint density at radius 1 is 1.15 bits per heavy atom. The molecular formula is C12H10O. The normalized spacial score (nSPS) is 16.2. The number of carbonyl (C=O) groups excluding carboxylic acids is 1. The van der Waals surface area contributed by atoms with Crippen molar-refractivity contribution < 1.29 is 4.79 Å². The average molecular weight is 170 g/mol. The molecule has 0 heterocycles. The van der Waals surface area contributed by atoms with Gasteiger partial charge in [-0.25, -0.2) is 0 Å². The zero-order chi connectivity index (χ0) is 9.26. The number of benzene rings is 1. The third-order valence-electron chi connectivity index (χ3n) is 2.12. The van der Waals surface area contributed by atoms with Crippen molar-refractivity contribution in [1.82, 2.24) is 0 Å². The summed E-state index contributed by atoms with van der Waals surface area (Å²) < 4.78 is 0. The number of hydrogen-bond donors (Lipinski definition) is 0. The molecule has 1 aromatic carbocycles. The fraction of sp³-hybridized carbons (Fsp3) is 0.0833. The molecule has 0 fully saturated rings. The second-order valence-corrected chi connectivity index (χ2v) is 3.18. The maximum Gasteiger partial charge on any atom is 0.167 e. The van der Waals surface area contributed by atoms with Gasteiger partial charge in [0, 0.05) is 12.0 Å². The van der Waals surface area contributed by atoms with Crippen LogP contribution in [-0.2, 0) is 4.79 Å². The lowest BCUT2D eigenvalue weighted by Gasteiger charge is -1.98. The highest BCUT2D eigenvalue weighted by Gasteiger charge is 2.18. The van der Waals surface area contributed by atoms with Crippen LogP contribution in [0, 0.1) is 0 Å². The Hall–Kier alpha value is -1.63. The molecule has 0 aromatic heterocycles. The molecule has 2 rings (SSSR count). The molecule has 0 unspecified atom stereocenters. The monoisotopic (exact) mass is 170 g/mol. The average Bonchev–Trinajstić information content (AvgIpc) is 2.47. The Bertz CT molecular complexity index is 385. The Kier molecular flexibility index (Phi) is 1.85. The summed E-state index contributed by atoms with van der Waals surface area (Å²) in [5.74, 6) is 0.177. The van der Waals surface area contributed by atoms with E-state index >= 15 is 0 Å². The topological polar surface area (TPSA) is 17.1 Å². The summed E-state index contributed by atoms with van der Waals surface area (Å²) in [5, 5.41) is 0. The van der Waals surface area contributed by atoms with Crippen molar-refractivity contribution in [1.29, 1.82) is 0 Å². The smallest absolute Gasteiger partial charge is 0.167 e. The van der Waals surface area contributed by atoms with E-state index in [2.05, 4.69) is 6.58 Å². The second-order valence-electron chi connectivity index (χ2n) is 3.18. The predicted molar refractivity (Wildman–Crippen MR) is 53.2 cm³/mol. The molecule has 0 saturated heterocycles. The minimum atomic E-state index is 0.177. The molecule has 0 atom stereocenters. The fourth-order valence-electron chi connectivity index (χ4n) is 1.50. The van der Waals surface area contributed by atoms with Crippen LogP contribution in [0.4, 0.5) is 0 Å². The van der Waals surface area contributed by atoms with Crippen LogP contribution < -0.4 is 0 Å². The number of ketones is 1. The SMILES string of the molecule is C=C1C=C(c2ccccc2)C(=O)C1. The van der Waals surface area contributed by atoms with E-state index in [1.54, 1.807) is 0 Å². The Morgan fingerprint density at radius 3 is 2.38 bits per heavy atom. The van der Waals surface area contributed by atoms with Crippen LogP contribution in [-0.4, -0.2) is 5.78 Å². The summed E-state index contributed by atoms with van der Waals surface area (Å²) in [6.45, 7) is 3.78. The molecule has 0 radical (unpaired) electrons. The lowest BCUT2D eigenvalue weighted by atomic mass is 10.1. The lowest BCUT2D eigenvalue weighted by molar-refractivity contribution is -0.112. The number of Topliss-reactive ketones (excluding diaryl/α,β-unsaturated/α-hetero) is 1. The Morgan fingerprint density at radius 2 is 1.85 bits per heavy atom. The quantitative estimate of drug-likeness (QED) is 0.633. The van der Waals surface area contributed by atoms with Gasteiger partial charge in [0.25, 0.3) is 0 Å². The summed E-state index contributed by atoms with van der Waals surface area (Å²) in [5.41, 5.74) is 2.70. The Balaban J connectivity index is 2.43. The van der Waals surface area contributed by atoms with Crippen molar-refractivity contribution in [3.8, 4) is 0 Å². The first-order valence-electron chi connectivity index (χ1n) is 4.25. The van der Waals surface area contributed by atoms with Gasteiger partial charge in [-0.1, -0.05) is 36.9 Å². The molecule has 1 aliphatic carbocycles. The highest BCUT2D eigenvalue weighted by atomic mass is 16.1. The van der Waals surface area contributed by atoms with Crippen LogP contribution in [0.2, 0.25) is 0 Å². The number of rotatable bonds is 1. The molecule has 1 aliphatic rings. The third kappa shape index (κ3) is 1.45. The van der Waals surface area contributed by atoms with Crippen molar-refractivity contribution >= 4 is 11.4 Å². The lowest BCUT2D eigenvalue weighted by Crippen LogP contribution is -1.94. The molecule has 1 heteroatoms. The minimum Gasteiger partial charge on any atom is -0.294 e. The molecule has 1 nitrogen and oxygen atoms in total. The van der Waals surface area contributed by atoms with E-state index in [0.29, 0.717) is 6.42 Å². The molecule has 1 aromatic rings. The van der Waals surface area contributed by atoms with Gasteiger partial charge in [-0.15, -0.1) is 0 Å². The van der Waals surface area contributed by atoms with E-state index < -0.39 is 0 Å². The molecule has 0 aliphatic heterocycles. The van der Waals surface area contributed by atoms with E-state index in [1.807, 2.05) is 36.4 Å². The van der Waals surface area contributed by atoms with E-state index in [1.165, 1.54) is 0 Å². The standard InChI is InChI=1S/C12H10O/c1-9-7-11(12(13)8-9)10-5-3-2-4-6-10/h2-7H,1,8H2.